The number of benzene rings is 2. The predicted octanol–water partition coefficient (Wildman–Crippen LogP) is 2.77. The first-order chi connectivity index (χ1) is 12.0. The van der Waals surface area contributed by atoms with E-state index in [0.717, 1.165) is 0 Å². The minimum absolute atomic E-state index is 0.137. The Labute approximate surface area is 144 Å². The van der Waals surface area contributed by atoms with E-state index in [0.29, 0.717) is 16.7 Å². The Hall–Kier alpha value is -3.22. The van der Waals surface area contributed by atoms with E-state index in [1.807, 2.05) is 6.07 Å². The second-order valence-electron chi connectivity index (χ2n) is 5.27. The summed E-state index contributed by atoms with van der Waals surface area (Å²) in [5.74, 6) is -1.29. The molecule has 0 heterocycles. The monoisotopic (exact) mass is 343 g/mol. The third-order valence-corrected chi connectivity index (χ3v) is 3.56. The van der Waals surface area contributed by atoms with Gasteiger partial charge in [-0.1, -0.05) is 48.5 Å². The Morgan fingerprint density at radius 2 is 1.72 bits per heavy atom. The minimum atomic E-state index is -0.948. The van der Waals surface area contributed by atoms with Crippen molar-refractivity contribution in [3.05, 3.63) is 81.4 Å². The molecule has 130 valence electrons. The average molecular weight is 343 g/mol. The van der Waals surface area contributed by atoms with E-state index >= 15 is 0 Å². The number of ether oxygens (including phenoxy) is 1. The van der Waals surface area contributed by atoms with E-state index in [1.54, 1.807) is 55.5 Å². The summed E-state index contributed by atoms with van der Waals surface area (Å²) >= 11 is 0. The van der Waals surface area contributed by atoms with Crippen LogP contribution >= 0.6 is 0 Å². The second kappa shape index (κ2) is 8.58. The van der Waals surface area contributed by atoms with Crippen LogP contribution < -0.4 is 0 Å². The summed E-state index contributed by atoms with van der Waals surface area (Å²) in [7, 11) is 0. The van der Waals surface area contributed by atoms with Crippen LogP contribution in [0.2, 0.25) is 0 Å². The van der Waals surface area contributed by atoms with E-state index in [2.05, 4.69) is 4.84 Å². The highest BCUT2D eigenvalue weighted by molar-refractivity contribution is 6.09. The zero-order valence-electron chi connectivity index (χ0n) is 13.6. The largest absolute Gasteiger partial charge is 0.463 e. The molecule has 0 aromatic heterocycles. The summed E-state index contributed by atoms with van der Waals surface area (Å²) < 4.78 is 4.94. The van der Waals surface area contributed by atoms with Crippen LogP contribution in [0.1, 0.15) is 34.3 Å². The molecule has 0 fully saturated rings. The predicted molar refractivity (Wildman–Crippen MR) is 88.6 cm³/mol. The molecule has 0 spiro atoms. The molecule has 1 unspecified atom stereocenters. The van der Waals surface area contributed by atoms with Crippen LogP contribution in [-0.2, 0) is 14.4 Å². The van der Waals surface area contributed by atoms with Crippen molar-refractivity contribution in [2.75, 3.05) is 13.2 Å². The Balaban J connectivity index is 2.03. The van der Waals surface area contributed by atoms with Gasteiger partial charge in [0.15, 0.2) is 5.78 Å². The van der Waals surface area contributed by atoms with Gasteiger partial charge in [0.1, 0.15) is 13.2 Å². The van der Waals surface area contributed by atoms with Gasteiger partial charge in [-0.25, -0.2) is 0 Å². The van der Waals surface area contributed by atoms with Gasteiger partial charge in [0, 0.05) is 11.1 Å². The number of carbonyl (C=O) groups excluding carboxylic acids is 2. The van der Waals surface area contributed by atoms with E-state index in [4.69, 9.17) is 4.74 Å². The fourth-order valence-electron chi connectivity index (χ4n) is 2.22. The zero-order chi connectivity index (χ0) is 18.2. The fraction of sp³-hybridized carbons (Fsp3) is 0.222. The van der Waals surface area contributed by atoms with E-state index in [1.165, 1.54) is 0 Å². The Morgan fingerprint density at radius 1 is 1.04 bits per heavy atom. The number of hydrogen-bond acceptors (Lipinski definition) is 6. The van der Waals surface area contributed by atoms with E-state index in [9.17, 15) is 19.7 Å². The van der Waals surface area contributed by atoms with E-state index < -0.39 is 17.0 Å². The van der Waals surface area contributed by atoms with Crippen molar-refractivity contribution in [1.82, 2.24) is 0 Å². The van der Waals surface area contributed by atoms with Crippen molar-refractivity contribution < 1.29 is 24.3 Å². The normalized spacial score (nSPS) is 11.4. The standard InChI is InChI=1S/C18H17NO6/c1-13(18(21)24-10-11-25-19(22)23)15-8-5-9-16(12-15)17(20)14-6-3-2-4-7-14/h2-9,12-13H,10-11H2,1H3. The maximum atomic E-state index is 12.5. The number of rotatable bonds is 8. The van der Waals surface area contributed by atoms with Gasteiger partial charge in [-0.2, -0.15) is 0 Å². The molecular weight excluding hydrogens is 326 g/mol. The van der Waals surface area contributed by atoms with Crippen molar-refractivity contribution in [1.29, 1.82) is 0 Å². The molecule has 0 saturated carbocycles. The molecule has 0 amide bonds. The minimum Gasteiger partial charge on any atom is -0.463 e. The summed E-state index contributed by atoms with van der Waals surface area (Å²) in [6.45, 7) is 1.10. The molecule has 2 rings (SSSR count). The van der Waals surface area contributed by atoms with Crippen molar-refractivity contribution in [3.8, 4) is 0 Å². The first kappa shape index (κ1) is 18.1. The quantitative estimate of drug-likeness (QED) is 0.240. The number of nitrogens with zero attached hydrogens (tertiary/aromatic N) is 1. The highest BCUT2D eigenvalue weighted by Crippen LogP contribution is 2.20. The molecule has 7 nitrogen and oxygen atoms in total. The molecule has 0 saturated heterocycles. The first-order valence-corrected chi connectivity index (χ1v) is 7.62. The van der Waals surface area contributed by atoms with Gasteiger partial charge < -0.3 is 9.57 Å². The number of carbonyl (C=O) groups is 2. The molecule has 1 atom stereocenters. The lowest BCUT2D eigenvalue weighted by molar-refractivity contribution is -0.757. The number of esters is 1. The molecule has 2 aromatic carbocycles. The van der Waals surface area contributed by atoms with Crippen LogP contribution in [0.15, 0.2) is 54.6 Å². The first-order valence-electron chi connectivity index (χ1n) is 7.62. The topological polar surface area (TPSA) is 95.7 Å². The van der Waals surface area contributed by atoms with Crippen molar-refractivity contribution in [2.45, 2.75) is 12.8 Å². The lowest BCUT2D eigenvalue weighted by Gasteiger charge is -2.12. The van der Waals surface area contributed by atoms with Crippen molar-refractivity contribution in [2.24, 2.45) is 0 Å². The lowest BCUT2D eigenvalue weighted by atomic mass is 9.96. The van der Waals surface area contributed by atoms with Crippen LogP contribution in [-0.4, -0.2) is 30.1 Å². The molecule has 2 aromatic rings. The van der Waals surface area contributed by atoms with Crippen LogP contribution in [0.25, 0.3) is 0 Å². The van der Waals surface area contributed by atoms with Crippen LogP contribution in [0, 0.1) is 10.1 Å². The van der Waals surface area contributed by atoms with Gasteiger partial charge in [-0.3, -0.25) is 9.59 Å². The summed E-state index contributed by atoms with van der Waals surface area (Å²) in [5, 5.41) is 9.08. The van der Waals surface area contributed by atoms with Crippen LogP contribution in [0.5, 0.6) is 0 Å². The molecular formula is C18H17NO6. The summed E-state index contributed by atoms with van der Waals surface area (Å²) in [6, 6.07) is 15.6. The average Bonchev–Trinajstić information content (AvgIpc) is 2.64. The molecule has 0 aliphatic rings. The third-order valence-electron chi connectivity index (χ3n) is 3.56. The van der Waals surface area contributed by atoms with Crippen LogP contribution in [0.4, 0.5) is 0 Å². The third kappa shape index (κ3) is 5.13. The molecule has 0 aliphatic heterocycles. The van der Waals surface area contributed by atoms with Gasteiger partial charge in [0.05, 0.1) is 5.92 Å². The second-order valence-corrected chi connectivity index (χ2v) is 5.27. The van der Waals surface area contributed by atoms with Gasteiger partial charge in [0.25, 0.3) is 5.09 Å². The summed E-state index contributed by atoms with van der Waals surface area (Å²) in [4.78, 5) is 38.6. The smallest absolute Gasteiger partial charge is 0.313 e. The summed E-state index contributed by atoms with van der Waals surface area (Å²) in [5.41, 5.74) is 1.66. The molecule has 25 heavy (non-hydrogen) atoms. The lowest BCUT2D eigenvalue weighted by Crippen LogP contribution is -2.17. The Morgan fingerprint density at radius 3 is 2.40 bits per heavy atom. The highest BCUT2D eigenvalue weighted by Gasteiger charge is 2.18. The SMILES string of the molecule is CC(C(=O)OCCO[N+](=O)[O-])c1cccc(C(=O)c2ccccc2)c1. The molecule has 0 radical (unpaired) electrons. The molecule has 0 aliphatic carbocycles. The van der Waals surface area contributed by atoms with Gasteiger partial charge in [-0.05, 0) is 18.6 Å². The molecule has 0 bridgehead atoms. The van der Waals surface area contributed by atoms with Crippen molar-refractivity contribution in [3.63, 3.8) is 0 Å². The van der Waals surface area contributed by atoms with Gasteiger partial charge in [-0.15, -0.1) is 10.1 Å². The maximum absolute atomic E-state index is 12.5. The Bertz CT molecular complexity index is 759. The molecule has 0 N–H and O–H groups in total. The number of ketones is 1. The van der Waals surface area contributed by atoms with Crippen LogP contribution in [0.3, 0.4) is 0 Å². The van der Waals surface area contributed by atoms with Gasteiger partial charge >= 0.3 is 5.97 Å². The van der Waals surface area contributed by atoms with E-state index in [-0.39, 0.29) is 19.0 Å². The zero-order valence-corrected chi connectivity index (χ0v) is 13.6. The maximum Gasteiger partial charge on any atom is 0.313 e. The van der Waals surface area contributed by atoms with Gasteiger partial charge in [0.2, 0.25) is 0 Å². The molecule has 7 heteroatoms. The number of hydrogen-bond donors (Lipinski definition) is 0. The Kier molecular flexibility index (Phi) is 6.22. The van der Waals surface area contributed by atoms with Crippen molar-refractivity contribution >= 4 is 11.8 Å². The highest BCUT2D eigenvalue weighted by atomic mass is 17.0. The summed E-state index contributed by atoms with van der Waals surface area (Å²) in [6.07, 6.45) is 0. The fourth-order valence-corrected chi connectivity index (χ4v) is 2.22.